The van der Waals surface area contributed by atoms with Crippen LogP contribution in [0.2, 0.25) is 0 Å². The van der Waals surface area contributed by atoms with Gasteiger partial charge in [-0.2, -0.15) is 0 Å². The van der Waals surface area contributed by atoms with E-state index in [1.807, 2.05) is 12.1 Å². The topological polar surface area (TPSA) is 75.7 Å². The third kappa shape index (κ3) is 3.27. The van der Waals surface area contributed by atoms with E-state index in [-0.39, 0.29) is 30.4 Å². The molecule has 0 saturated carbocycles. The number of ether oxygens (including phenoxy) is 1. The van der Waals surface area contributed by atoms with Gasteiger partial charge in [0.25, 0.3) is 10.0 Å². The standard InChI is InChI=1S/C20H17FN2O4S/c21-15-7-9-16(10-8-15)27-12-11-22-19(24)13-23-17-5-1-3-14-4-2-6-18(20(14)17)28(23,25)26/h1-10H,11-13H2,(H,22,24). The van der Waals surface area contributed by atoms with Gasteiger partial charge in [-0.1, -0.05) is 24.3 Å². The maximum atomic E-state index is 12.9. The fourth-order valence-corrected chi connectivity index (χ4v) is 4.87. The van der Waals surface area contributed by atoms with Crippen molar-refractivity contribution in [1.29, 1.82) is 0 Å². The normalized spacial score (nSPS) is 14.2. The van der Waals surface area contributed by atoms with Gasteiger partial charge in [0.15, 0.2) is 0 Å². The lowest BCUT2D eigenvalue weighted by molar-refractivity contribution is -0.119. The molecule has 0 radical (unpaired) electrons. The molecule has 144 valence electrons. The molecule has 0 atom stereocenters. The van der Waals surface area contributed by atoms with E-state index in [4.69, 9.17) is 4.74 Å². The summed E-state index contributed by atoms with van der Waals surface area (Å²) in [6.07, 6.45) is 0. The Morgan fingerprint density at radius 2 is 1.75 bits per heavy atom. The Labute approximate surface area is 161 Å². The summed E-state index contributed by atoms with van der Waals surface area (Å²) in [6.45, 7) is 0.0633. The highest BCUT2D eigenvalue weighted by Gasteiger charge is 2.36. The van der Waals surface area contributed by atoms with Gasteiger partial charge >= 0.3 is 0 Å². The third-order valence-corrected chi connectivity index (χ3v) is 6.28. The summed E-state index contributed by atoms with van der Waals surface area (Å²) in [5.74, 6) is -0.306. The summed E-state index contributed by atoms with van der Waals surface area (Å²) in [4.78, 5) is 12.5. The maximum absolute atomic E-state index is 12.9. The van der Waals surface area contributed by atoms with Crippen molar-refractivity contribution in [3.63, 3.8) is 0 Å². The average molecular weight is 400 g/mol. The maximum Gasteiger partial charge on any atom is 0.265 e. The van der Waals surface area contributed by atoms with Crippen LogP contribution in [0, 0.1) is 5.82 Å². The van der Waals surface area contributed by atoms with E-state index in [1.165, 1.54) is 24.3 Å². The Balaban J connectivity index is 1.40. The Hall–Kier alpha value is -3.13. The molecule has 1 N–H and O–H groups in total. The first-order chi connectivity index (χ1) is 13.5. The lowest BCUT2D eigenvalue weighted by Crippen LogP contribution is -2.40. The first-order valence-corrected chi connectivity index (χ1v) is 10.1. The number of benzene rings is 3. The fourth-order valence-electron chi connectivity index (χ4n) is 3.20. The monoisotopic (exact) mass is 400 g/mol. The van der Waals surface area contributed by atoms with Crippen LogP contribution in [0.4, 0.5) is 10.1 Å². The van der Waals surface area contributed by atoms with Gasteiger partial charge in [-0.25, -0.2) is 12.8 Å². The molecule has 1 heterocycles. The molecule has 1 aliphatic heterocycles. The van der Waals surface area contributed by atoms with Gasteiger partial charge in [0.05, 0.1) is 17.1 Å². The number of halogens is 1. The number of anilines is 1. The van der Waals surface area contributed by atoms with Crippen molar-refractivity contribution in [2.75, 3.05) is 24.0 Å². The highest BCUT2D eigenvalue weighted by molar-refractivity contribution is 7.93. The number of hydrogen-bond donors (Lipinski definition) is 1. The molecular weight excluding hydrogens is 383 g/mol. The summed E-state index contributed by atoms with van der Waals surface area (Å²) in [6, 6.07) is 15.9. The molecule has 3 aromatic carbocycles. The zero-order valence-corrected chi connectivity index (χ0v) is 15.6. The summed E-state index contributed by atoms with van der Waals surface area (Å²) in [5.41, 5.74) is 0.505. The van der Waals surface area contributed by atoms with Gasteiger partial charge in [-0.05, 0) is 41.8 Å². The molecule has 0 unspecified atom stereocenters. The molecule has 4 rings (SSSR count). The van der Waals surface area contributed by atoms with E-state index in [1.54, 1.807) is 24.3 Å². The number of carbonyl (C=O) groups excluding carboxylic acids is 1. The van der Waals surface area contributed by atoms with Crippen molar-refractivity contribution in [2.24, 2.45) is 0 Å². The second kappa shape index (κ2) is 7.12. The van der Waals surface area contributed by atoms with Crippen LogP contribution in [0.15, 0.2) is 65.6 Å². The molecular formula is C20H17FN2O4S. The third-order valence-electron chi connectivity index (χ3n) is 4.48. The molecule has 28 heavy (non-hydrogen) atoms. The van der Waals surface area contributed by atoms with Gasteiger partial charge in [-0.15, -0.1) is 0 Å². The zero-order valence-electron chi connectivity index (χ0n) is 14.8. The van der Waals surface area contributed by atoms with E-state index in [2.05, 4.69) is 5.32 Å². The summed E-state index contributed by atoms with van der Waals surface area (Å²) < 4.78 is 45.0. The summed E-state index contributed by atoms with van der Waals surface area (Å²) in [5, 5.41) is 4.09. The predicted molar refractivity (Wildman–Crippen MR) is 103 cm³/mol. The van der Waals surface area contributed by atoms with Crippen molar-refractivity contribution in [3.8, 4) is 5.75 Å². The average Bonchev–Trinajstić information content (AvgIpc) is 2.90. The molecule has 1 amide bonds. The number of rotatable bonds is 6. The van der Waals surface area contributed by atoms with E-state index in [9.17, 15) is 17.6 Å². The Morgan fingerprint density at radius 1 is 1.04 bits per heavy atom. The van der Waals surface area contributed by atoms with Gasteiger partial charge < -0.3 is 10.1 Å². The first-order valence-electron chi connectivity index (χ1n) is 8.66. The largest absolute Gasteiger partial charge is 0.492 e. The van der Waals surface area contributed by atoms with E-state index in [0.29, 0.717) is 16.8 Å². The fraction of sp³-hybridized carbons (Fsp3) is 0.150. The molecule has 0 aliphatic carbocycles. The van der Waals surface area contributed by atoms with E-state index in [0.717, 1.165) is 9.69 Å². The minimum absolute atomic E-state index is 0.180. The van der Waals surface area contributed by atoms with Crippen molar-refractivity contribution in [2.45, 2.75) is 4.90 Å². The molecule has 8 heteroatoms. The smallest absolute Gasteiger partial charge is 0.265 e. The van der Waals surface area contributed by atoms with Gasteiger partial charge in [0, 0.05) is 5.39 Å². The van der Waals surface area contributed by atoms with Crippen LogP contribution in [0.25, 0.3) is 10.8 Å². The Bertz CT molecular complexity index is 1140. The molecule has 0 bridgehead atoms. The van der Waals surface area contributed by atoms with Crippen LogP contribution >= 0.6 is 0 Å². The van der Waals surface area contributed by atoms with Gasteiger partial charge in [-0.3, -0.25) is 9.10 Å². The highest BCUT2D eigenvalue weighted by Crippen LogP contribution is 2.41. The van der Waals surface area contributed by atoms with Crippen molar-refractivity contribution in [3.05, 3.63) is 66.5 Å². The number of amides is 1. The zero-order chi connectivity index (χ0) is 19.7. The van der Waals surface area contributed by atoms with E-state index >= 15 is 0 Å². The molecule has 6 nitrogen and oxygen atoms in total. The Kier molecular flexibility index (Phi) is 4.64. The molecule has 3 aromatic rings. The lowest BCUT2D eigenvalue weighted by atomic mass is 10.1. The number of carbonyl (C=O) groups is 1. The number of sulfonamides is 1. The van der Waals surface area contributed by atoms with E-state index < -0.39 is 15.9 Å². The lowest BCUT2D eigenvalue weighted by Gasteiger charge is -2.18. The molecule has 0 aromatic heterocycles. The molecule has 0 spiro atoms. The van der Waals surface area contributed by atoms with Crippen LogP contribution in [0.1, 0.15) is 0 Å². The van der Waals surface area contributed by atoms with Gasteiger partial charge in [0.1, 0.15) is 24.7 Å². The van der Waals surface area contributed by atoms with Crippen molar-refractivity contribution < 1.29 is 22.3 Å². The van der Waals surface area contributed by atoms with Crippen LogP contribution in [-0.4, -0.2) is 34.0 Å². The summed E-state index contributed by atoms with van der Waals surface area (Å²) >= 11 is 0. The van der Waals surface area contributed by atoms with Crippen LogP contribution < -0.4 is 14.4 Å². The highest BCUT2D eigenvalue weighted by atomic mass is 32.2. The number of nitrogens with zero attached hydrogens (tertiary/aromatic N) is 1. The molecule has 1 aliphatic rings. The van der Waals surface area contributed by atoms with Gasteiger partial charge in [0.2, 0.25) is 5.91 Å². The first kappa shape index (κ1) is 18.2. The van der Waals surface area contributed by atoms with Crippen LogP contribution in [0.3, 0.4) is 0 Å². The minimum Gasteiger partial charge on any atom is -0.492 e. The van der Waals surface area contributed by atoms with Crippen molar-refractivity contribution >= 4 is 32.4 Å². The summed E-state index contributed by atoms with van der Waals surface area (Å²) in [7, 11) is -3.77. The van der Waals surface area contributed by atoms with Crippen molar-refractivity contribution in [1.82, 2.24) is 5.32 Å². The Morgan fingerprint density at radius 3 is 2.50 bits per heavy atom. The number of nitrogens with one attached hydrogen (secondary N) is 1. The van der Waals surface area contributed by atoms with Crippen LogP contribution in [0.5, 0.6) is 5.75 Å². The number of hydrogen-bond acceptors (Lipinski definition) is 4. The SMILES string of the molecule is O=C(CN1c2cccc3cccc(c23)S1(=O)=O)NCCOc1ccc(F)cc1. The predicted octanol–water partition coefficient (Wildman–Crippen LogP) is 2.68. The quantitative estimate of drug-likeness (QED) is 0.646. The second-order valence-electron chi connectivity index (χ2n) is 6.30. The molecule has 0 fully saturated rings. The minimum atomic E-state index is -3.77. The van der Waals surface area contributed by atoms with Crippen LogP contribution in [-0.2, 0) is 14.8 Å². The molecule has 0 saturated heterocycles. The second-order valence-corrected chi connectivity index (χ2v) is 8.13.